The number of nitrogens with zero attached hydrogens (tertiary/aromatic N) is 3. The van der Waals surface area contributed by atoms with Crippen molar-refractivity contribution in [2.45, 2.75) is 57.2 Å². The van der Waals surface area contributed by atoms with E-state index < -0.39 is 0 Å². The van der Waals surface area contributed by atoms with E-state index in [0.717, 1.165) is 23.5 Å². The van der Waals surface area contributed by atoms with Crippen molar-refractivity contribution < 1.29 is 0 Å². The highest BCUT2D eigenvalue weighted by atomic mass is 15.2. The summed E-state index contributed by atoms with van der Waals surface area (Å²) in [6.07, 6.45) is 8.24. The van der Waals surface area contributed by atoms with Gasteiger partial charge in [-0.2, -0.15) is 4.98 Å². The predicted octanol–water partition coefficient (Wildman–Crippen LogP) is 1.79. The second-order valence-corrected chi connectivity index (χ2v) is 5.98. The molecule has 104 valence electrons. The second-order valence-electron chi connectivity index (χ2n) is 5.98. The van der Waals surface area contributed by atoms with Crippen LogP contribution in [0.15, 0.2) is 6.20 Å². The zero-order valence-electron chi connectivity index (χ0n) is 11.8. The zero-order valence-corrected chi connectivity index (χ0v) is 11.8. The van der Waals surface area contributed by atoms with Gasteiger partial charge in [0.2, 0.25) is 5.95 Å². The molecule has 2 aliphatic rings. The van der Waals surface area contributed by atoms with Gasteiger partial charge in [-0.15, -0.1) is 0 Å². The van der Waals surface area contributed by atoms with Gasteiger partial charge in [-0.05, 0) is 39.7 Å². The van der Waals surface area contributed by atoms with E-state index in [4.69, 9.17) is 5.73 Å². The minimum atomic E-state index is 0.348. The van der Waals surface area contributed by atoms with Gasteiger partial charge in [0.25, 0.3) is 0 Å². The number of nitrogens with two attached hydrogens (primary N) is 1. The Balaban J connectivity index is 1.72. The van der Waals surface area contributed by atoms with Crippen LogP contribution in [0, 0.1) is 6.92 Å². The minimum Gasteiger partial charge on any atom is -0.368 e. The zero-order chi connectivity index (χ0) is 13.4. The highest BCUT2D eigenvalue weighted by molar-refractivity contribution is 5.46. The Morgan fingerprint density at radius 1 is 1.32 bits per heavy atom. The molecule has 0 aromatic carbocycles. The van der Waals surface area contributed by atoms with Gasteiger partial charge in [-0.1, -0.05) is 6.42 Å². The van der Waals surface area contributed by atoms with Crippen LogP contribution < -0.4 is 11.1 Å². The van der Waals surface area contributed by atoms with E-state index >= 15 is 0 Å². The lowest BCUT2D eigenvalue weighted by atomic mass is 9.82. The number of aromatic nitrogens is 2. The smallest absolute Gasteiger partial charge is 0.221 e. The van der Waals surface area contributed by atoms with Crippen LogP contribution in [0.5, 0.6) is 0 Å². The summed E-state index contributed by atoms with van der Waals surface area (Å²) in [6.45, 7) is 2.03. The van der Waals surface area contributed by atoms with Crippen molar-refractivity contribution in [1.29, 1.82) is 0 Å². The Bertz CT molecular complexity index is 447. The molecule has 1 aromatic heterocycles. The number of nitrogens with one attached hydrogen (secondary N) is 1. The Kier molecular flexibility index (Phi) is 3.31. The van der Waals surface area contributed by atoms with E-state index in [1.54, 1.807) is 6.20 Å². The van der Waals surface area contributed by atoms with Gasteiger partial charge in [0.15, 0.2) is 0 Å². The van der Waals surface area contributed by atoms with Crippen LogP contribution in [0.1, 0.15) is 37.7 Å². The van der Waals surface area contributed by atoms with Crippen LogP contribution in [-0.2, 0) is 0 Å². The third kappa shape index (κ3) is 2.52. The number of nitrogen functional groups attached to an aromatic ring is 1. The summed E-state index contributed by atoms with van der Waals surface area (Å²) in [7, 11) is 2.28. The molecule has 19 heavy (non-hydrogen) atoms. The summed E-state index contributed by atoms with van der Waals surface area (Å²) < 4.78 is 0. The molecule has 0 amide bonds. The van der Waals surface area contributed by atoms with Crippen molar-refractivity contribution in [2.24, 2.45) is 0 Å². The fourth-order valence-electron chi connectivity index (χ4n) is 3.53. The molecule has 3 rings (SSSR count). The first-order chi connectivity index (χ1) is 9.13. The first-order valence-electron chi connectivity index (χ1n) is 7.21. The van der Waals surface area contributed by atoms with E-state index in [2.05, 4.69) is 27.2 Å². The minimum absolute atomic E-state index is 0.348. The summed E-state index contributed by atoms with van der Waals surface area (Å²) >= 11 is 0. The Labute approximate surface area is 114 Å². The molecule has 3 N–H and O–H groups in total. The maximum absolute atomic E-state index is 5.68. The molecular weight excluding hydrogens is 238 g/mol. The normalized spacial score (nSPS) is 31.2. The van der Waals surface area contributed by atoms with Gasteiger partial charge >= 0.3 is 0 Å². The van der Waals surface area contributed by atoms with Crippen molar-refractivity contribution in [3.05, 3.63) is 11.8 Å². The number of hydrogen-bond donors (Lipinski definition) is 2. The Hall–Kier alpha value is -1.36. The number of piperidine rings is 2. The van der Waals surface area contributed by atoms with Crippen molar-refractivity contribution in [2.75, 3.05) is 18.1 Å². The Morgan fingerprint density at radius 2 is 2.00 bits per heavy atom. The maximum Gasteiger partial charge on any atom is 0.221 e. The molecule has 0 aliphatic carbocycles. The second kappa shape index (κ2) is 4.96. The summed E-state index contributed by atoms with van der Waals surface area (Å²) in [5, 5.41) is 3.58. The van der Waals surface area contributed by atoms with E-state index in [9.17, 15) is 0 Å². The van der Waals surface area contributed by atoms with Crippen LogP contribution in [0.3, 0.4) is 0 Å². The molecule has 2 saturated heterocycles. The number of fused-ring (bicyclic) bond motifs is 2. The van der Waals surface area contributed by atoms with Gasteiger partial charge in [0.1, 0.15) is 5.82 Å². The van der Waals surface area contributed by atoms with Crippen molar-refractivity contribution in [3.8, 4) is 0 Å². The summed E-state index contributed by atoms with van der Waals surface area (Å²) in [6, 6.07) is 1.97. The summed E-state index contributed by atoms with van der Waals surface area (Å²) in [5.41, 5.74) is 6.74. The number of rotatable bonds is 2. The summed E-state index contributed by atoms with van der Waals surface area (Å²) in [4.78, 5) is 10.9. The SMILES string of the molecule is Cc1cnc(N)nc1NC1CC2CCCC(C1)N2C. The van der Waals surface area contributed by atoms with Crippen LogP contribution in [-0.4, -0.2) is 40.0 Å². The third-order valence-electron chi connectivity index (χ3n) is 4.67. The fraction of sp³-hybridized carbons (Fsp3) is 0.714. The van der Waals surface area contributed by atoms with E-state index in [1.165, 1.54) is 32.1 Å². The molecule has 2 aliphatic heterocycles. The van der Waals surface area contributed by atoms with Crippen LogP contribution in [0.4, 0.5) is 11.8 Å². The molecule has 0 saturated carbocycles. The van der Waals surface area contributed by atoms with Gasteiger partial charge in [-0.3, -0.25) is 0 Å². The quantitative estimate of drug-likeness (QED) is 0.849. The molecule has 0 radical (unpaired) electrons. The van der Waals surface area contributed by atoms with Crippen LogP contribution in [0.2, 0.25) is 0 Å². The average molecular weight is 261 g/mol. The molecule has 2 fully saturated rings. The molecule has 2 unspecified atom stereocenters. The predicted molar refractivity (Wildman–Crippen MR) is 77.0 cm³/mol. The van der Waals surface area contributed by atoms with E-state index in [0.29, 0.717) is 12.0 Å². The van der Waals surface area contributed by atoms with Crippen molar-refractivity contribution in [3.63, 3.8) is 0 Å². The van der Waals surface area contributed by atoms with E-state index in [-0.39, 0.29) is 0 Å². The average Bonchev–Trinajstić information content (AvgIpc) is 2.35. The molecule has 1 aromatic rings. The highest BCUT2D eigenvalue weighted by Gasteiger charge is 2.36. The first-order valence-corrected chi connectivity index (χ1v) is 7.21. The van der Waals surface area contributed by atoms with Crippen molar-refractivity contribution >= 4 is 11.8 Å². The summed E-state index contributed by atoms with van der Waals surface area (Å²) in [5.74, 6) is 1.25. The fourth-order valence-corrected chi connectivity index (χ4v) is 3.53. The van der Waals surface area contributed by atoms with Gasteiger partial charge in [0.05, 0.1) is 0 Å². The van der Waals surface area contributed by atoms with Crippen LogP contribution in [0.25, 0.3) is 0 Å². The molecular formula is C14H23N5. The monoisotopic (exact) mass is 261 g/mol. The maximum atomic E-state index is 5.68. The largest absolute Gasteiger partial charge is 0.368 e. The van der Waals surface area contributed by atoms with Gasteiger partial charge in [0, 0.05) is 29.9 Å². The lowest BCUT2D eigenvalue weighted by molar-refractivity contribution is 0.0608. The molecule has 5 nitrogen and oxygen atoms in total. The number of hydrogen-bond acceptors (Lipinski definition) is 5. The third-order valence-corrected chi connectivity index (χ3v) is 4.67. The van der Waals surface area contributed by atoms with Gasteiger partial charge in [-0.25, -0.2) is 4.98 Å². The lowest BCUT2D eigenvalue weighted by Gasteiger charge is -2.47. The molecule has 2 bridgehead atoms. The number of aryl methyl sites for hydroxylation is 1. The van der Waals surface area contributed by atoms with E-state index in [1.807, 2.05) is 6.92 Å². The Morgan fingerprint density at radius 3 is 2.68 bits per heavy atom. The molecule has 0 spiro atoms. The topological polar surface area (TPSA) is 67.1 Å². The highest BCUT2D eigenvalue weighted by Crippen LogP contribution is 2.33. The standard InChI is InChI=1S/C14H23N5/c1-9-8-16-14(15)18-13(9)17-10-6-11-4-3-5-12(7-10)19(11)2/h8,10-12H,3-7H2,1-2H3,(H3,15,16,17,18). The van der Waals surface area contributed by atoms with Crippen molar-refractivity contribution in [1.82, 2.24) is 14.9 Å². The molecule has 3 heterocycles. The molecule has 2 atom stereocenters. The lowest BCUT2D eigenvalue weighted by Crippen LogP contribution is -2.52. The first kappa shape index (κ1) is 12.7. The van der Waals surface area contributed by atoms with Gasteiger partial charge < -0.3 is 16.0 Å². The molecule has 5 heteroatoms. The van der Waals surface area contributed by atoms with Crippen LogP contribution >= 0.6 is 0 Å². The number of anilines is 2.